The second kappa shape index (κ2) is 10.0. The summed E-state index contributed by atoms with van der Waals surface area (Å²) >= 11 is 0. The normalized spacial score (nSPS) is 24.7. The highest BCUT2D eigenvalue weighted by molar-refractivity contribution is 5.43. The number of benzene rings is 1. The quantitative estimate of drug-likeness (QED) is 0.321. The predicted molar refractivity (Wildman–Crippen MR) is 105 cm³/mol. The lowest BCUT2D eigenvalue weighted by molar-refractivity contribution is -0.275. The number of rotatable bonds is 8. The third-order valence-corrected chi connectivity index (χ3v) is 6.42. The maximum Gasteiger partial charge on any atom is 0.573 e. The van der Waals surface area contributed by atoms with Gasteiger partial charge >= 0.3 is 6.36 Å². The van der Waals surface area contributed by atoms with Crippen LogP contribution in [0.2, 0.25) is 0 Å². The molecule has 1 heterocycles. The summed E-state index contributed by atoms with van der Waals surface area (Å²) < 4.78 is 60.6. The van der Waals surface area contributed by atoms with Gasteiger partial charge in [0.15, 0.2) is 11.6 Å². The number of hydrogen-bond acceptors (Lipinski definition) is 2. The number of unbranched alkanes of at least 4 members (excludes halogenated alkanes) is 1. The van der Waals surface area contributed by atoms with Crippen molar-refractivity contribution in [3.8, 4) is 11.5 Å². The van der Waals surface area contributed by atoms with E-state index < -0.39 is 17.9 Å². The summed E-state index contributed by atoms with van der Waals surface area (Å²) in [6.45, 7) is 2.27. The van der Waals surface area contributed by atoms with Gasteiger partial charge in [-0.2, -0.15) is 0 Å². The number of alkyl halides is 3. The van der Waals surface area contributed by atoms with Gasteiger partial charge in [-0.25, -0.2) is 4.39 Å². The zero-order valence-electron chi connectivity index (χ0n) is 17.2. The van der Waals surface area contributed by atoms with E-state index in [0.29, 0.717) is 17.7 Å². The zero-order valence-corrected chi connectivity index (χ0v) is 17.2. The van der Waals surface area contributed by atoms with Crippen LogP contribution in [0.25, 0.3) is 0 Å². The fraction of sp³-hybridized carbons (Fsp3) is 0.739. The molecule has 1 atom stereocenters. The van der Waals surface area contributed by atoms with Crippen molar-refractivity contribution in [2.45, 2.75) is 96.4 Å². The molecule has 1 aliphatic heterocycles. The largest absolute Gasteiger partial charge is 0.573 e. The minimum absolute atomic E-state index is 0.0107. The van der Waals surface area contributed by atoms with Crippen LogP contribution in [-0.4, -0.2) is 12.5 Å². The van der Waals surface area contributed by atoms with E-state index >= 15 is 0 Å². The van der Waals surface area contributed by atoms with E-state index in [9.17, 15) is 17.6 Å². The molecule has 0 radical (unpaired) electrons. The molecule has 1 fully saturated rings. The fourth-order valence-corrected chi connectivity index (χ4v) is 4.87. The van der Waals surface area contributed by atoms with Crippen molar-refractivity contribution >= 4 is 0 Å². The minimum atomic E-state index is -4.90. The number of fused-ring (bicyclic) bond motifs is 1. The van der Waals surface area contributed by atoms with Gasteiger partial charge in [-0.05, 0) is 49.1 Å². The summed E-state index contributed by atoms with van der Waals surface area (Å²) in [7, 11) is 0. The molecule has 0 amide bonds. The second-order valence-corrected chi connectivity index (χ2v) is 8.68. The lowest BCUT2D eigenvalue weighted by Gasteiger charge is -2.29. The van der Waals surface area contributed by atoms with Crippen molar-refractivity contribution < 1.29 is 27.0 Å². The van der Waals surface area contributed by atoms with Crippen molar-refractivity contribution in [2.24, 2.45) is 11.8 Å². The van der Waals surface area contributed by atoms with Crippen molar-refractivity contribution in [1.29, 1.82) is 0 Å². The summed E-state index contributed by atoms with van der Waals surface area (Å²) in [5.74, 6) is 0.321. The Kier molecular flexibility index (Phi) is 7.69. The first-order valence-electron chi connectivity index (χ1n) is 11.1. The topological polar surface area (TPSA) is 18.5 Å². The van der Waals surface area contributed by atoms with E-state index in [4.69, 9.17) is 4.74 Å². The average Bonchev–Trinajstić information content (AvgIpc) is 2.66. The molecule has 29 heavy (non-hydrogen) atoms. The Morgan fingerprint density at radius 1 is 0.966 bits per heavy atom. The highest BCUT2D eigenvalue weighted by atomic mass is 19.4. The molecule has 1 unspecified atom stereocenters. The van der Waals surface area contributed by atoms with Crippen LogP contribution in [0.5, 0.6) is 11.5 Å². The summed E-state index contributed by atoms with van der Waals surface area (Å²) in [5.41, 5.74) is 0.575. The van der Waals surface area contributed by atoms with E-state index in [0.717, 1.165) is 43.2 Å². The van der Waals surface area contributed by atoms with Gasteiger partial charge in [-0.1, -0.05) is 58.3 Å². The third kappa shape index (κ3) is 6.78. The lowest BCUT2D eigenvalue weighted by atomic mass is 9.78. The van der Waals surface area contributed by atoms with Gasteiger partial charge < -0.3 is 9.47 Å². The van der Waals surface area contributed by atoms with Gasteiger partial charge in [0, 0.05) is 6.07 Å². The molecular formula is C23H32F4O2. The zero-order chi connectivity index (χ0) is 20.9. The molecule has 1 saturated carbocycles. The van der Waals surface area contributed by atoms with Crippen molar-refractivity contribution in [3.05, 3.63) is 23.5 Å². The van der Waals surface area contributed by atoms with E-state index in [2.05, 4.69) is 11.7 Å². The molecule has 0 spiro atoms. The van der Waals surface area contributed by atoms with Crippen molar-refractivity contribution in [1.82, 2.24) is 0 Å². The van der Waals surface area contributed by atoms with E-state index in [-0.39, 0.29) is 6.10 Å². The standard InChI is InChI=1S/C23H32F4O2/c1-2-5-16-8-10-17(11-9-16)6-3-4-7-19-13-12-18-14-22(29-23(25,26)27)20(24)15-21(18)28-19/h14-17,19H,2-13H2,1H3. The van der Waals surface area contributed by atoms with E-state index in [1.807, 2.05) is 0 Å². The Morgan fingerprint density at radius 3 is 2.28 bits per heavy atom. The predicted octanol–water partition coefficient (Wildman–Crippen LogP) is 7.58. The second-order valence-electron chi connectivity index (χ2n) is 8.68. The van der Waals surface area contributed by atoms with Gasteiger partial charge in [0.25, 0.3) is 0 Å². The number of hydrogen-bond donors (Lipinski definition) is 0. The first kappa shape index (κ1) is 22.2. The first-order chi connectivity index (χ1) is 13.8. The van der Waals surface area contributed by atoms with E-state index in [1.54, 1.807) is 0 Å². The van der Waals surface area contributed by atoms with Crippen LogP contribution >= 0.6 is 0 Å². The van der Waals surface area contributed by atoms with Gasteiger partial charge in [0.1, 0.15) is 5.75 Å². The highest BCUT2D eigenvalue weighted by Gasteiger charge is 2.33. The molecule has 1 aromatic rings. The van der Waals surface area contributed by atoms with Gasteiger partial charge in [0.05, 0.1) is 6.10 Å². The summed E-state index contributed by atoms with van der Waals surface area (Å²) in [6, 6.07) is 2.14. The molecule has 0 N–H and O–H groups in total. The summed E-state index contributed by atoms with van der Waals surface area (Å²) in [5, 5.41) is 0. The molecule has 0 aromatic heterocycles. The van der Waals surface area contributed by atoms with Crippen molar-refractivity contribution in [3.63, 3.8) is 0 Å². The molecule has 3 rings (SSSR count). The summed E-state index contributed by atoms with van der Waals surface area (Å²) in [6.07, 6.45) is 9.02. The van der Waals surface area contributed by atoms with Gasteiger partial charge in [-0.15, -0.1) is 13.2 Å². The average molecular weight is 416 g/mol. The number of aryl methyl sites for hydroxylation is 1. The molecule has 2 aliphatic rings. The maximum absolute atomic E-state index is 13.9. The summed E-state index contributed by atoms with van der Waals surface area (Å²) in [4.78, 5) is 0. The Bertz CT molecular complexity index is 651. The SMILES string of the molecule is CCCC1CCC(CCCCC2CCc3cc(OC(F)(F)F)c(F)cc3O2)CC1. The van der Waals surface area contributed by atoms with Gasteiger partial charge in [0.2, 0.25) is 0 Å². The van der Waals surface area contributed by atoms with E-state index in [1.165, 1.54) is 51.4 Å². The number of ether oxygens (including phenoxy) is 2. The third-order valence-electron chi connectivity index (χ3n) is 6.42. The minimum Gasteiger partial charge on any atom is -0.490 e. The van der Waals surface area contributed by atoms with Crippen LogP contribution in [0.1, 0.15) is 83.1 Å². The van der Waals surface area contributed by atoms with Crippen LogP contribution in [0, 0.1) is 17.7 Å². The molecular weight excluding hydrogens is 384 g/mol. The molecule has 6 heteroatoms. The smallest absolute Gasteiger partial charge is 0.490 e. The lowest BCUT2D eigenvalue weighted by Crippen LogP contribution is -2.23. The first-order valence-corrected chi connectivity index (χ1v) is 11.1. The van der Waals surface area contributed by atoms with Crippen molar-refractivity contribution in [2.75, 3.05) is 0 Å². The molecule has 1 aliphatic carbocycles. The van der Waals surface area contributed by atoms with Gasteiger partial charge in [-0.3, -0.25) is 0 Å². The molecule has 2 nitrogen and oxygen atoms in total. The fourth-order valence-electron chi connectivity index (χ4n) is 4.87. The number of halogens is 4. The Balaban J connectivity index is 1.40. The van der Waals surface area contributed by atoms with Crippen LogP contribution in [0.4, 0.5) is 17.6 Å². The molecule has 1 aromatic carbocycles. The Morgan fingerprint density at radius 2 is 1.62 bits per heavy atom. The Labute approximate surface area is 171 Å². The monoisotopic (exact) mass is 416 g/mol. The van der Waals surface area contributed by atoms with Crippen LogP contribution in [0.15, 0.2) is 12.1 Å². The maximum atomic E-state index is 13.9. The molecule has 0 saturated heterocycles. The molecule has 164 valence electrons. The highest BCUT2D eigenvalue weighted by Crippen LogP contribution is 2.37. The molecule has 0 bridgehead atoms. The van der Waals surface area contributed by atoms with Crippen LogP contribution in [0.3, 0.4) is 0 Å². The van der Waals surface area contributed by atoms with Crippen LogP contribution in [-0.2, 0) is 6.42 Å². The van der Waals surface area contributed by atoms with Crippen LogP contribution < -0.4 is 9.47 Å². The Hall–Kier alpha value is -1.46.